The Morgan fingerprint density at radius 3 is 3.05 bits per heavy atom. The second-order valence-electron chi connectivity index (χ2n) is 5.19. The molecule has 0 aliphatic heterocycles. The number of nitrogens with one attached hydrogen (secondary N) is 1. The lowest BCUT2D eigenvalue weighted by molar-refractivity contribution is 0.0910. The third-order valence-electron chi connectivity index (χ3n) is 3.79. The number of amides is 1. The third-order valence-corrected chi connectivity index (χ3v) is 3.79. The van der Waals surface area contributed by atoms with Gasteiger partial charge in [-0.25, -0.2) is 9.97 Å². The van der Waals surface area contributed by atoms with Crippen LogP contribution < -0.4 is 5.32 Å². The van der Waals surface area contributed by atoms with E-state index in [-0.39, 0.29) is 18.1 Å². The largest absolute Gasteiger partial charge is 0.381 e. The van der Waals surface area contributed by atoms with Crippen molar-refractivity contribution in [1.29, 1.82) is 0 Å². The van der Waals surface area contributed by atoms with Gasteiger partial charge in [0.05, 0.1) is 6.10 Å². The normalized spacial score (nSPS) is 21.4. The molecule has 3 rings (SSSR count). The highest BCUT2D eigenvalue weighted by Crippen LogP contribution is 2.21. The number of rotatable bonds is 4. The van der Waals surface area contributed by atoms with Crippen LogP contribution >= 0.6 is 0 Å². The number of hydrogen-bond donors (Lipinski definition) is 1. The van der Waals surface area contributed by atoms with E-state index in [9.17, 15) is 4.79 Å². The summed E-state index contributed by atoms with van der Waals surface area (Å²) < 4.78 is 7.09. The molecule has 1 saturated carbocycles. The fraction of sp³-hybridized carbons (Fsp3) is 0.400. The maximum absolute atomic E-state index is 12.3. The summed E-state index contributed by atoms with van der Waals surface area (Å²) in [5, 5.41) is 3.03. The van der Waals surface area contributed by atoms with Crippen LogP contribution in [0.2, 0.25) is 0 Å². The quantitative estimate of drug-likeness (QED) is 0.926. The summed E-state index contributed by atoms with van der Waals surface area (Å²) in [4.78, 5) is 20.6. The molecule has 0 bridgehead atoms. The van der Waals surface area contributed by atoms with E-state index < -0.39 is 0 Å². The predicted molar refractivity (Wildman–Crippen MR) is 77.3 cm³/mol. The molecule has 110 valence electrons. The molecule has 2 aromatic heterocycles. The first-order valence-electron chi connectivity index (χ1n) is 7.05. The third kappa shape index (κ3) is 3.11. The second kappa shape index (κ2) is 6.05. The van der Waals surface area contributed by atoms with Crippen molar-refractivity contribution in [2.24, 2.45) is 0 Å². The topological polar surface area (TPSA) is 69.0 Å². The summed E-state index contributed by atoms with van der Waals surface area (Å²) in [5.74, 6) is 0.542. The van der Waals surface area contributed by atoms with E-state index in [0.717, 1.165) is 19.3 Å². The first-order valence-corrected chi connectivity index (χ1v) is 7.05. The Labute approximate surface area is 123 Å². The average Bonchev–Trinajstić information content (AvgIpc) is 3.18. The predicted octanol–water partition coefficient (Wildman–Crippen LogP) is 1.56. The van der Waals surface area contributed by atoms with Crippen molar-refractivity contribution in [2.75, 3.05) is 7.11 Å². The molecule has 0 radical (unpaired) electrons. The molecule has 1 N–H and O–H groups in total. The molecule has 2 aromatic rings. The molecule has 0 aromatic carbocycles. The van der Waals surface area contributed by atoms with Gasteiger partial charge < -0.3 is 10.1 Å². The van der Waals surface area contributed by atoms with E-state index in [0.29, 0.717) is 11.5 Å². The van der Waals surface area contributed by atoms with Crippen LogP contribution in [0.1, 0.15) is 29.8 Å². The monoisotopic (exact) mass is 286 g/mol. The Kier molecular flexibility index (Phi) is 3.96. The molecule has 2 atom stereocenters. The van der Waals surface area contributed by atoms with Crippen LogP contribution in [0.25, 0.3) is 5.82 Å². The Hall–Kier alpha value is -2.21. The number of carbonyl (C=O) groups excluding carboxylic acids is 1. The number of aromatic nitrogens is 3. The lowest BCUT2D eigenvalue weighted by Gasteiger charge is -2.13. The van der Waals surface area contributed by atoms with Gasteiger partial charge in [-0.05, 0) is 31.4 Å². The van der Waals surface area contributed by atoms with E-state index in [4.69, 9.17) is 4.74 Å². The van der Waals surface area contributed by atoms with Crippen LogP contribution in [-0.2, 0) is 4.74 Å². The molecule has 6 nitrogen and oxygen atoms in total. The van der Waals surface area contributed by atoms with Crippen LogP contribution in [0.5, 0.6) is 0 Å². The molecule has 2 unspecified atom stereocenters. The van der Waals surface area contributed by atoms with Crippen molar-refractivity contribution >= 4 is 5.91 Å². The summed E-state index contributed by atoms with van der Waals surface area (Å²) in [6, 6.07) is 5.55. The van der Waals surface area contributed by atoms with Crippen LogP contribution in [0, 0.1) is 0 Å². The molecule has 6 heteroatoms. The van der Waals surface area contributed by atoms with Crippen molar-refractivity contribution in [1.82, 2.24) is 19.9 Å². The zero-order chi connectivity index (χ0) is 14.7. The van der Waals surface area contributed by atoms with Gasteiger partial charge in [-0.2, -0.15) is 0 Å². The lowest BCUT2D eigenvalue weighted by Crippen LogP contribution is -2.34. The van der Waals surface area contributed by atoms with Crippen LogP contribution in [0.4, 0.5) is 0 Å². The summed E-state index contributed by atoms with van der Waals surface area (Å²) >= 11 is 0. The minimum Gasteiger partial charge on any atom is -0.381 e. The minimum absolute atomic E-state index is 0.140. The average molecular weight is 286 g/mol. The zero-order valence-corrected chi connectivity index (χ0v) is 11.9. The summed E-state index contributed by atoms with van der Waals surface area (Å²) in [6.45, 7) is 0. The Bertz CT molecular complexity index is 612. The Morgan fingerprint density at radius 2 is 2.33 bits per heavy atom. The molecule has 2 heterocycles. The SMILES string of the molecule is COC1CCC(NC(=O)c2cccc(-n3ccnc3)n2)C1. The lowest BCUT2D eigenvalue weighted by atomic mass is 10.2. The molecular formula is C15H18N4O2. The minimum atomic E-state index is -0.140. The number of imidazole rings is 1. The fourth-order valence-corrected chi connectivity index (χ4v) is 2.63. The van der Waals surface area contributed by atoms with Gasteiger partial charge in [-0.1, -0.05) is 6.07 Å². The molecule has 1 amide bonds. The number of hydrogen-bond acceptors (Lipinski definition) is 4. The summed E-state index contributed by atoms with van der Waals surface area (Å²) in [7, 11) is 1.71. The fourth-order valence-electron chi connectivity index (χ4n) is 2.63. The molecule has 21 heavy (non-hydrogen) atoms. The van der Waals surface area contributed by atoms with Gasteiger partial charge in [-0.3, -0.25) is 9.36 Å². The first-order chi connectivity index (χ1) is 10.3. The molecule has 0 spiro atoms. The van der Waals surface area contributed by atoms with Gasteiger partial charge in [-0.15, -0.1) is 0 Å². The number of pyridine rings is 1. The van der Waals surface area contributed by atoms with Crippen molar-refractivity contribution in [3.05, 3.63) is 42.6 Å². The molecule has 1 fully saturated rings. The second-order valence-corrected chi connectivity index (χ2v) is 5.19. The van der Waals surface area contributed by atoms with Gasteiger partial charge in [0.25, 0.3) is 5.91 Å². The van der Waals surface area contributed by atoms with Gasteiger partial charge in [0.15, 0.2) is 0 Å². The van der Waals surface area contributed by atoms with Crippen LogP contribution in [-0.4, -0.2) is 39.7 Å². The van der Waals surface area contributed by atoms with E-state index in [1.54, 1.807) is 36.5 Å². The highest BCUT2D eigenvalue weighted by Gasteiger charge is 2.26. The van der Waals surface area contributed by atoms with E-state index >= 15 is 0 Å². The summed E-state index contributed by atoms with van der Waals surface area (Å²) in [6.07, 6.45) is 8.19. The zero-order valence-electron chi connectivity index (χ0n) is 11.9. The molecular weight excluding hydrogens is 268 g/mol. The highest BCUT2D eigenvalue weighted by atomic mass is 16.5. The highest BCUT2D eigenvalue weighted by molar-refractivity contribution is 5.92. The van der Waals surface area contributed by atoms with Gasteiger partial charge in [0.1, 0.15) is 17.8 Å². The van der Waals surface area contributed by atoms with Gasteiger partial charge in [0, 0.05) is 25.5 Å². The van der Waals surface area contributed by atoms with Crippen molar-refractivity contribution in [2.45, 2.75) is 31.4 Å². The molecule has 0 saturated heterocycles. The smallest absolute Gasteiger partial charge is 0.270 e. The molecule has 1 aliphatic rings. The number of carbonyl (C=O) groups is 1. The van der Waals surface area contributed by atoms with Gasteiger partial charge >= 0.3 is 0 Å². The van der Waals surface area contributed by atoms with Gasteiger partial charge in [0.2, 0.25) is 0 Å². The number of nitrogens with zero attached hydrogens (tertiary/aromatic N) is 3. The van der Waals surface area contributed by atoms with Crippen LogP contribution in [0.15, 0.2) is 36.9 Å². The number of methoxy groups -OCH3 is 1. The first kappa shape index (κ1) is 13.8. The standard InChI is InChI=1S/C15H18N4O2/c1-21-12-6-5-11(9-12)17-15(20)13-3-2-4-14(18-13)19-8-7-16-10-19/h2-4,7-8,10-12H,5-6,9H2,1H3,(H,17,20). The maximum atomic E-state index is 12.3. The Balaban J connectivity index is 1.69. The van der Waals surface area contributed by atoms with E-state index in [2.05, 4.69) is 15.3 Å². The van der Waals surface area contributed by atoms with Crippen molar-refractivity contribution in [3.63, 3.8) is 0 Å². The van der Waals surface area contributed by atoms with E-state index in [1.807, 2.05) is 12.1 Å². The maximum Gasteiger partial charge on any atom is 0.270 e. The van der Waals surface area contributed by atoms with Crippen molar-refractivity contribution < 1.29 is 9.53 Å². The Morgan fingerprint density at radius 1 is 1.43 bits per heavy atom. The van der Waals surface area contributed by atoms with E-state index in [1.165, 1.54) is 0 Å². The summed E-state index contributed by atoms with van der Waals surface area (Å²) in [5.41, 5.74) is 0.419. The number of ether oxygens (including phenoxy) is 1. The van der Waals surface area contributed by atoms with Crippen molar-refractivity contribution in [3.8, 4) is 5.82 Å². The molecule has 1 aliphatic carbocycles. The van der Waals surface area contributed by atoms with Crippen LogP contribution in [0.3, 0.4) is 0 Å².